The van der Waals surface area contributed by atoms with Gasteiger partial charge in [0.05, 0.1) is 10.5 Å². The molecule has 0 unspecified atom stereocenters. The molecule has 0 aromatic heterocycles. The third kappa shape index (κ3) is 2.75. The van der Waals surface area contributed by atoms with Gasteiger partial charge in [-0.05, 0) is 43.9 Å². The molecular formula is C13H20N2O3S. The molecule has 0 heterocycles. The van der Waals surface area contributed by atoms with Gasteiger partial charge in [0.1, 0.15) is 0 Å². The molecule has 1 saturated carbocycles. The van der Waals surface area contributed by atoms with Crippen LogP contribution >= 0.6 is 0 Å². The molecule has 3 N–H and O–H groups in total. The molecule has 0 bridgehead atoms. The Bertz CT molecular complexity index is 560. The number of sulfonamides is 1. The fourth-order valence-electron chi connectivity index (χ4n) is 2.25. The van der Waals surface area contributed by atoms with E-state index in [4.69, 9.17) is 10.5 Å². The summed E-state index contributed by atoms with van der Waals surface area (Å²) in [5, 5.41) is 0. The van der Waals surface area contributed by atoms with Crippen LogP contribution in [0.2, 0.25) is 0 Å². The fraction of sp³-hybridized carbons (Fsp3) is 0.538. The number of hydrogen-bond donors (Lipinski definition) is 2. The van der Waals surface area contributed by atoms with E-state index in [-0.39, 0.29) is 10.5 Å². The summed E-state index contributed by atoms with van der Waals surface area (Å²) in [5.74, 6) is 0. The van der Waals surface area contributed by atoms with Gasteiger partial charge in [-0.3, -0.25) is 0 Å². The minimum absolute atomic E-state index is 0.234. The molecule has 1 aromatic carbocycles. The number of nitrogens with one attached hydrogen (secondary N) is 1. The first-order valence-electron chi connectivity index (χ1n) is 6.30. The van der Waals surface area contributed by atoms with Crippen LogP contribution < -0.4 is 10.5 Å². The number of rotatable bonds is 5. The molecule has 1 aromatic rings. The molecule has 0 amide bonds. The second kappa shape index (κ2) is 5.11. The van der Waals surface area contributed by atoms with E-state index in [1.54, 1.807) is 32.2 Å². The minimum atomic E-state index is -3.54. The summed E-state index contributed by atoms with van der Waals surface area (Å²) in [5.41, 5.74) is 6.47. The molecular weight excluding hydrogens is 264 g/mol. The maximum Gasteiger partial charge on any atom is 0.241 e. The molecule has 0 spiro atoms. The number of nitrogens with two attached hydrogens (primary N) is 1. The SMILES string of the molecule is COC1(CNS(=O)(=O)c2cccc(N)c2C)CCC1. The van der Waals surface area contributed by atoms with Crippen molar-refractivity contribution in [3.05, 3.63) is 23.8 Å². The zero-order valence-corrected chi connectivity index (χ0v) is 12.1. The van der Waals surface area contributed by atoms with Gasteiger partial charge < -0.3 is 10.5 Å². The first-order valence-corrected chi connectivity index (χ1v) is 7.78. The number of ether oxygens (including phenoxy) is 1. The van der Waals surface area contributed by atoms with Crippen molar-refractivity contribution in [1.82, 2.24) is 4.72 Å². The Balaban J connectivity index is 2.16. The summed E-state index contributed by atoms with van der Waals surface area (Å²) >= 11 is 0. The van der Waals surface area contributed by atoms with Crippen LogP contribution in [0, 0.1) is 6.92 Å². The van der Waals surface area contributed by atoms with E-state index in [0.29, 0.717) is 17.8 Å². The van der Waals surface area contributed by atoms with Crippen molar-refractivity contribution in [1.29, 1.82) is 0 Å². The Morgan fingerprint density at radius 1 is 1.42 bits per heavy atom. The molecule has 0 saturated heterocycles. The van der Waals surface area contributed by atoms with Crippen LogP contribution in [0.3, 0.4) is 0 Å². The second-order valence-electron chi connectivity index (χ2n) is 5.04. The van der Waals surface area contributed by atoms with E-state index in [2.05, 4.69) is 4.72 Å². The monoisotopic (exact) mass is 284 g/mol. The van der Waals surface area contributed by atoms with Crippen molar-refractivity contribution < 1.29 is 13.2 Å². The van der Waals surface area contributed by atoms with Gasteiger partial charge in [0, 0.05) is 19.3 Å². The molecule has 2 rings (SSSR count). The van der Waals surface area contributed by atoms with Gasteiger partial charge in [-0.25, -0.2) is 13.1 Å². The number of anilines is 1. The average Bonchev–Trinajstić information content (AvgIpc) is 2.31. The molecule has 1 fully saturated rings. The first kappa shape index (κ1) is 14.3. The topological polar surface area (TPSA) is 81.4 Å². The van der Waals surface area contributed by atoms with Crippen molar-refractivity contribution in [3.63, 3.8) is 0 Å². The lowest BCUT2D eigenvalue weighted by Crippen LogP contribution is -2.49. The maximum atomic E-state index is 12.3. The quantitative estimate of drug-likeness (QED) is 0.801. The summed E-state index contributed by atoms with van der Waals surface area (Å²) in [4.78, 5) is 0.234. The van der Waals surface area contributed by atoms with Crippen LogP contribution in [-0.2, 0) is 14.8 Å². The summed E-state index contributed by atoms with van der Waals surface area (Å²) < 4.78 is 32.6. The summed E-state index contributed by atoms with van der Waals surface area (Å²) in [6.07, 6.45) is 2.86. The van der Waals surface area contributed by atoms with Crippen LogP contribution in [0.1, 0.15) is 24.8 Å². The van der Waals surface area contributed by atoms with Gasteiger partial charge in [-0.1, -0.05) is 6.07 Å². The summed E-state index contributed by atoms with van der Waals surface area (Å²) in [6, 6.07) is 4.90. The molecule has 6 heteroatoms. The lowest BCUT2D eigenvalue weighted by Gasteiger charge is -2.40. The van der Waals surface area contributed by atoms with Crippen molar-refractivity contribution >= 4 is 15.7 Å². The van der Waals surface area contributed by atoms with Gasteiger partial charge in [0.2, 0.25) is 10.0 Å². The third-order valence-corrected chi connectivity index (χ3v) is 5.44. The smallest absolute Gasteiger partial charge is 0.241 e. The Hall–Kier alpha value is -1.11. The van der Waals surface area contributed by atoms with E-state index in [9.17, 15) is 8.42 Å². The molecule has 19 heavy (non-hydrogen) atoms. The molecule has 5 nitrogen and oxygen atoms in total. The van der Waals surface area contributed by atoms with Crippen LogP contribution in [0.15, 0.2) is 23.1 Å². The van der Waals surface area contributed by atoms with E-state index in [0.717, 1.165) is 19.3 Å². The number of nitrogen functional groups attached to an aromatic ring is 1. The molecule has 1 aliphatic carbocycles. The highest BCUT2D eigenvalue weighted by Gasteiger charge is 2.38. The normalized spacial score (nSPS) is 18.0. The standard InChI is InChI=1S/C13H20N2O3S/c1-10-11(14)5-3-6-12(10)19(16,17)15-9-13(18-2)7-4-8-13/h3,5-6,15H,4,7-9,14H2,1-2H3. The first-order chi connectivity index (χ1) is 8.90. The molecule has 0 radical (unpaired) electrons. The van der Waals surface area contributed by atoms with Gasteiger partial charge in [-0.15, -0.1) is 0 Å². The highest BCUT2D eigenvalue weighted by Crippen LogP contribution is 2.34. The number of benzene rings is 1. The Labute approximate surface area is 114 Å². The number of methoxy groups -OCH3 is 1. The molecule has 0 atom stereocenters. The molecule has 0 aliphatic heterocycles. The van der Waals surface area contributed by atoms with Gasteiger partial charge in [0.25, 0.3) is 0 Å². The maximum absolute atomic E-state index is 12.3. The van der Waals surface area contributed by atoms with Crippen molar-refractivity contribution in [2.45, 2.75) is 36.7 Å². The zero-order chi connectivity index (χ0) is 14.1. The van der Waals surface area contributed by atoms with E-state index in [1.807, 2.05) is 0 Å². The summed E-state index contributed by atoms with van der Waals surface area (Å²) in [6.45, 7) is 2.01. The third-order valence-electron chi connectivity index (χ3n) is 3.90. The van der Waals surface area contributed by atoms with E-state index >= 15 is 0 Å². The Morgan fingerprint density at radius 2 is 2.11 bits per heavy atom. The lowest BCUT2D eigenvalue weighted by atomic mass is 9.80. The van der Waals surface area contributed by atoms with Crippen molar-refractivity contribution in [2.24, 2.45) is 0 Å². The van der Waals surface area contributed by atoms with Gasteiger partial charge in [-0.2, -0.15) is 0 Å². The average molecular weight is 284 g/mol. The summed E-state index contributed by atoms with van der Waals surface area (Å²) in [7, 11) is -1.92. The van der Waals surface area contributed by atoms with Crippen LogP contribution in [0.25, 0.3) is 0 Å². The Morgan fingerprint density at radius 3 is 2.63 bits per heavy atom. The lowest BCUT2D eigenvalue weighted by molar-refractivity contribution is -0.0659. The fourth-order valence-corrected chi connectivity index (χ4v) is 3.64. The minimum Gasteiger partial charge on any atom is -0.398 e. The van der Waals surface area contributed by atoms with E-state index < -0.39 is 10.0 Å². The largest absolute Gasteiger partial charge is 0.398 e. The van der Waals surface area contributed by atoms with E-state index in [1.165, 1.54) is 0 Å². The predicted octanol–water partition coefficient (Wildman–Crippen LogP) is 1.42. The van der Waals surface area contributed by atoms with Crippen LogP contribution in [-0.4, -0.2) is 27.7 Å². The number of hydrogen-bond acceptors (Lipinski definition) is 4. The highest BCUT2D eigenvalue weighted by molar-refractivity contribution is 7.89. The zero-order valence-electron chi connectivity index (χ0n) is 11.3. The van der Waals surface area contributed by atoms with Crippen molar-refractivity contribution in [3.8, 4) is 0 Å². The van der Waals surface area contributed by atoms with Crippen LogP contribution in [0.5, 0.6) is 0 Å². The Kier molecular flexibility index (Phi) is 3.85. The molecule has 106 valence electrons. The van der Waals surface area contributed by atoms with Crippen LogP contribution in [0.4, 0.5) is 5.69 Å². The highest BCUT2D eigenvalue weighted by atomic mass is 32.2. The van der Waals surface area contributed by atoms with Gasteiger partial charge in [0.15, 0.2) is 0 Å². The van der Waals surface area contributed by atoms with Crippen molar-refractivity contribution in [2.75, 3.05) is 19.4 Å². The predicted molar refractivity (Wildman–Crippen MR) is 74.4 cm³/mol. The second-order valence-corrected chi connectivity index (χ2v) is 6.77. The van der Waals surface area contributed by atoms with Gasteiger partial charge >= 0.3 is 0 Å². The molecule has 1 aliphatic rings.